The molecule has 4 nitrogen and oxygen atoms in total. The molecule has 0 saturated heterocycles. The van der Waals surface area contributed by atoms with E-state index in [1.54, 1.807) is 18.6 Å². The number of nitrogens with zero attached hydrogens (tertiary/aromatic N) is 4. The Labute approximate surface area is 73.5 Å². The molecular weight excluding hydrogens is 172 g/mol. The lowest BCUT2D eigenvalue weighted by Gasteiger charge is -1.89. The third-order valence-corrected chi connectivity index (χ3v) is 2.14. The van der Waals surface area contributed by atoms with Gasteiger partial charge >= 0.3 is 0 Å². The number of rotatable bonds is 1. The lowest BCUT2D eigenvalue weighted by molar-refractivity contribution is 1.14. The van der Waals surface area contributed by atoms with Crippen molar-refractivity contribution >= 4 is 11.5 Å². The quantitative estimate of drug-likeness (QED) is 0.660. The second kappa shape index (κ2) is 2.94. The lowest BCUT2D eigenvalue weighted by Crippen LogP contribution is -1.82. The molecule has 0 saturated carbocycles. The maximum Gasteiger partial charge on any atom is 0.163 e. The molecule has 2 aromatic heterocycles. The smallest absolute Gasteiger partial charge is 0.163 e. The molecule has 0 N–H and O–H groups in total. The standard InChI is InChI=1S/C7H6N4S/c1-5-10-7(12-11-5)6-4-8-2-3-9-6/h2-4H,1H3. The van der Waals surface area contributed by atoms with Crippen LogP contribution in [-0.4, -0.2) is 19.3 Å². The molecule has 0 atom stereocenters. The molecule has 0 amide bonds. The highest BCUT2D eigenvalue weighted by molar-refractivity contribution is 7.09. The first-order chi connectivity index (χ1) is 5.86. The summed E-state index contributed by atoms with van der Waals surface area (Å²) in [5.74, 6) is 0.778. The fraction of sp³-hybridized carbons (Fsp3) is 0.143. The van der Waals surface area contributed by atoms with Gasteiger partial charge in [0, 0.05) is 12.4 Å². The summed E-state index contributed by atoms with van der Waals surface area (Å²) in [7, 11) is 0. The first-order valence-electron chi connectivity index (χ1n) is 3.43. The Morgan fingerprint density at radius 2 is 2.25 bits per heavy atom. The summed E-state index contributed by atoms with van der Waals surface area (Å²) >= 11 is 1.34. The maximum atomic E-state index is 4.19. The average Bonchev–Trinajstić information content (AvgIpc) is 2.54. The topological polar surface area (TPSA) is 51.6 Å². The van der Waals surface area contributed by atoms with Gasteiger partial charge in [0.1, 0.15) is 11.5 Å². The molecule has 0 radical (unpaired) electrons. The van der Waals surface area contributed by atoms with Gasteiger partial charge in [0.05, 0.1) is 6.20 Å². The number of hydrogen-bond acceptors (Lipinski definition) is 5. The zero-order valence-corrected chi connectivity index (χ0v) is 7.25. The minimum Gasteiger partial charge on any atom is -0.261 e. The van der Waals surface area contributed by atoms with Crippen molar-refractivity contribution in [1.82, 2.24) is 19.3 Å². The molecule has 0 aliphatic heterocycles. The van der Waals surface area contributed by atoms with Crippen molar-refractivity contribution in [3.8, 4) is 10.7 Å². The Bertz CT molecular complexity index is 370. The third kappa shape index (κ3) is 1.31. The maximum absolute atomic E-state index is 4.19. The monoisotopic (exact) mass is 178 g/mol. The van der Waals surface area contributed by atoms with Crippen molar-refractivity contribution in [1.29, 1.82) is 0 Å². The van der Waals surface area contributed by atoms with Gasteiger partial charge in [-0.25, -0.2) is 4.98 Å². The van der Waals surface area contributed by atoms with E-state index in [-0.39, 0.29) is 0 Å². The number of aromatic nitrogens is 4. The van der Waals surface area contributed by atoms with E-state index in [2.05, 4.69) is 19.3 Å². The van der Waals surface area contributed by atoms with Crippen molar-refractivity contribution in [3.05, 3.63) is 24.4 Å². The zero-order chi connectivity index (χ0) is 8.39. The van der Waals surface area contributed by atoms with E-state index in [0.717, 1.165) is 16.5 Å². The Kier molecular flexibility index (Phi) is 1.79. The summed E-state index contributed by atoms with van der Waals surface area (Å²) in [5, 5.41) is 0.820. The van der Waals surface area contributed by atoms with E-state index in [0.29, 0.717) is 0 Å². The summed E-state index contributed by atoms with van der Waals surface area (Å²) in [6, 6.07) is 0. The van der Waals surface area contributed by atoms with Gasteiger partial charge in [0.25, 0.3) is 0 Å². The average molecular weight is 178 g/mol. The SMILES string of the molecule is Cc1nsc(-c2cnccn2)n1. The molecule has 2 rings (SSSR count). The molecule has 2 aromatic rings. The van der Waals surface area contributed by atoms with E-state index in [1.165, 1.54) is 11.5 Å². The zero-order valence-electron chi connectivity index (χ0n) is 6.43. The van der Waals surface area contributed by atoms with E-state index < -0.39 is 0 Å². The van der Waals surface area contributed by atoms with Crippen LogP contribution in [0, 0.1) is 6.92 Å². The van der Waals surface area contributed by atoms with Crippen LogP contribution in [-0.2, 0) is 0 Å². The van der Waals surface area contributed by atoms with Gasteiger partial charge in [0.15, 0.2) is 5.01 Å². The molecule has 0 fully saturated rings. The minimum atomic E-state index is 0.778. The van der Waals surface area contributed by atoms with Crippen LogP contribution < -0.4 is 0 Å². The van der Waals surface area contributed by atoms with Crippen LogP contribution in [0.3, 0.4) is 0 Å². The van der Waals surface area contributed by atoms with Gasteiger partial charge in [-0.1, -0.05) is 0 Å². The highest BCUT2D eigenvalue weighted by Crippen LogP contribution is 2.16. The molecule has 0 spiro atoms. The van der Waals surface area contributed by atoms with Gasteiger partial charge in [-0.05, 0) is 18.5 Å². The molecule has 12 heavy (non-hydrogen) atoms. The third-order valence-electron chi connectivity index (χ3n) is 1.31. The molecule has 0 unspecified atom stereocenters. The highest BCUT2D eigenvalue weighted by Gasteiger charge is 2.03. The van der Waals surface area contributed by atoms with Crippen LogP contribution in [0.1, 0.15) is 5.82 Å². The van der Waals surface area contributed by atoms with Crippen LogP contribution in [0.4, 0.5) is 0 Å². The van der Waals surface area contributed by atoms with E-state index in [9.17, 15) is 0 Å². The van der Waals surface area contributed by atoms with E-state index in [1.807, 2.05) is 6.92 Å². The Morgan fingerprint density at radius 1 is 1.33 bits per heavy atom. The van der Waals surface area contributed by atoms with Crippen molar-refractivity contribution in [2.24, 2.45) is 0 Å². The molecule has 5 heteroatoms. The van der Waals surface area contributed by atoms with Crippen LogP contribution >= 0.6 is 11.5 Å². The fourth-order valence-corrected chi connectivity index (χ4v) is 1.44. The first kappa shape index (κ1) is 7.30. The predicted octanol–water partition coefficient (Wildman–Crippen LogP) is 1.30. The molecule has 2 heterocycles. The fourth-order valence-electron chi connectivity index (χ4n) is 0.811. The van der Waals surface area contributed by atoms with E-state index >= 15 is 0 Å². The Hall–Kier alpha value is -1.36. The number of hydrogen-bond donors (Lipinski definition) is 0. The summed E-state index contributed by atoms with van der Waals surface area (Å²) in [6.45, 7) is 1.86. The van der Waals surface area contributed by atoms with Gasteiger partial charge in [0.2, 0.25) is 0 Å². The van der Waals surface area contributed by atoms with Crippen molar-refractivity contribution in [3.63, 3.8) is 0 Å². The molecule has 60 valence electrons. The van der Waals surface area contributed by atoms with E-state index in [4.69, 9.17) is 0 Å². The van der Waals surface area contributed by atoms with Gasteiger partial charge < -0.3 is 0 Å². The van der Waals surface area contributed by atoms with Gasteiger partial charge in [-0.15, -0.1) is 0 Å². The molecular formula is C7H6N4S. The molecule has 0 bridgehead atoms. The normalized spacial score (nSPS) is 10.1. The Balaban J connectivity index is 2.45. The second-order valence-corrected chi connectivity index (χ2v) is 2.99. The first-order valence-corrected chi connectivity index (χ1v) is 4.20. The van der Waals surface area contributed by atoms with Gasteiger partial charge in [-0.2, -0.15) is 4.37 Å². The van der Waals surface area contributed by atoms with Gasteiger partial charge in [-0.3, -0.25) is 9.97 Å². The van der Waals surface area contributed by atoms with Crippen molar-refractivity contribution in [2.45, 2.75) is 6.92 Å². The summed E-state index contributed by atoms with van der Waals surface area (Å²) < 4.78 is 4.06. The second-order valence-electron chi connectivity index (χ2n) is 2.24. The van der Waals surface area contributed by atoms with Crippen molar-refractivity contribution in [2.75, 3.05) is 0 Å². The van der Waals surface area contributed by atoms with Crippen molar-refractivity contribution < 1.29 is 0 Å². The van der Waals surface area contributed by atoms with Crippen LogP contribution in [0.15, 0.2) is 18.6 Å². The molecule has 0 aromatic carbocycles. The lowest BCUT2D eigenvalue weighted by atomic mass is 10.5. The summed E-state index contributed by atoms with van der Waals surface area (Å²) in [6.07, 6.45) is 4.96. The van der Waals surface area contributed by atoms with Crippen LogP contribution in [0.2, 0.25) is 0 Å². The predicted molar refractivity (Wildman–Crippen MR) is 45.7 cm³/mol. The molecule has 0 aliphatic carbocycles. The summed E-state index contributed by atoms with van der Waals surface area (Å²) in [4.78, 5) is 12.2. The van der Waals surface area contributed by atoms with Crippen LogP contribution in [0.5, 0.6) is 0 Å². The Morgan fingerprint density at radius 3 is 2.83 bits per heavy atom. The molecule has 0 aliphatic rings. The summed E-state index contributed by atoms with van der Waals surface area (Å²) in [5.41, 5.74) is 0.781. The number of aryl methyl sites for hydroxylation is 1. The highest BCUT2D eigenvalue weighted by atomic mass is 32.1. The minimum absolute atomic E-state index is 0.778. The largest absolute Gasteiger partial charge is 0.261 e. The van der Waals surface area contributed by atoms with Crippen LogP contribution in [0.25, 0.3) is 10.7 Å².